The highest BCUT2D eigenvalue weighted by Gasteiger charge is 2.34. The summed E-state index contributed by atoms with van der Waals surface area (Å²) in [6, 6.07) is 3.32. The van der Waals surface area contributed by atoms with Gasteiger partial charge in [0, 0.05) is 28.2 Å². The van der Waals surface area contributed by atoms with Crippen LogP contribution in [0.3, 0.4) is 0 Å². The number of hydrogen-bond donors (Lipinski definition) is 1. The van der Waals surface area contributed by atoms with E-state index >= 15 is 0 Å². The minimum Gasteiger partial charge on any atom is -0.391 e. The molecule has 1 N–H and O–H groups in total. The van der Waals surface area contributed by atoms with Crippen molar-refractivity contribution >= 4 is 0 Å². The highest BCUT2D eigenvalue weighted by Crippen LogP contribution is 2.46. The van der Waals surface area contributed by atoms with Crippen LogP contribution in [0.15, 0.2) is 22.7 Å². The van der Waals surface area contributed by atoms with Gasteiger partial charge in [-0.2, -0.15) is 0 Å². The van der Waals surface area contributed by atoms with Crippen molar-refractivity contribution < 1.29 is 27.2 Å². The van der Waals surface area contributed by atoms with Gasteiger partial charge in [-0.25, -0.2) is 17.6 Å². The van der Waals surface area contributed by atoms with Crippen LogP contribution in [0.2, 0.25) is 0 Å². The zero-order chi connectivity index (χ0) is 15.9. The molecule has 0 radical (unpaired) electrons. The van der Waals surface area contributed by atoms with Crippen LogP contribution in [0.5, 0.6) is 0 Å². The van der Waals surface area contributed by atoms with E-state index in [1.165, 1.54) is 0 Å². The highest BCUT2D eigenvalue weighted by atomic mass is 19.3. The van der Waals surface area contributed by atoms with Gasteiger partial charge in [-0.05, 0) is 12.8 Å². The molecule has 1 aliphatic carbocycles. The minimum absolute atomic E-state index is 0.0807. The van der Waals surface area contributed by atoms with Gasteiger partial charge in [0.05, 0.1) is 6.61 Å². The lowest BCUT2D eigenvalue weighted by Crippen LogP contribution is -2.00. The van der Waals surface area contributed by atoms with Gasteiger partial charge in [0.15, 0.2) is 0 Å². The fraction of sp³-hybridized carbons (Fsp3) is 0.400. The Morgan fingerprint density at radius 1 is 1.14 bits per heavy atom. The normalized spacial score (nSPS) is 15.0. The summed E-state index contributed by atoms with van der Waals surface area (Å²) in [7, 11) is 0. The largest absolute Gasteiger partial charge is 0.391 e. The Bertz CT molecular complexity index is 654. The van der Waals surface area contributed by atoms with Crippen LogP contribution in [0.1, 0.15) is 54.1 Å². The van der Waals surface area contributed by atoms with Gasteiger partial charge in [-0.15, -0.1) is 0 Å². The van der Waals surface area contributed by atoms with Gasteiger partial charge in [-0.3, -0.25) is 0 Å². The molecular weight excluding hydrogens is 302 g/mol. The van der Waals surface area contributed by atoms with E-state index in [4.69, 9.17) is 4.52 Å². The topological polar surface area (TPSA) is 46.3 Å². The van der Waals surface area contributed by atoms with E-state index in [-0.39, 0.29) is 22.7 Å². The smallest absolute Gasteiger partial charge is 0.264 e. The number of aliphatic hydroxyl groups excluding tert-OH is 1. The Hall–Kier alpha value is -1.89. The molecule has 1 saturated carbocycles. The third kappa shape index (κ3) is 2.49. The number of aliphatic hydroxyl groups is 1. The van der Waals surface area contributed by atoms with Gasteiger partial charge < -0.3 is 9.63 Å². The van der Waals surface area contributed by atoms with Gasteiger partial charge in [0.1, 0.15) is 11.5 Å². The number of aromatic nitrogens is 1. The van der Waals surface area contributed by atoms with Crippen LogP contribution in [0.4, 0.5) is 17.6 Å². The summed E-state index contributed by atoms with van der Waals surface area (Å²) in [5, 5.41) is 13.2. The molecule has 0 unspecified atom stereocenters. The van der Waals surface area contributed by atoms with Crippen LogP contribution in [-0.4, -0.2) is 10.3 Å². The van der Waals surface area contributed by atoms with Crippen LogP contribution >= 0.6 is 0 Å². The van der Waals surface area contributed by atoms with Gasteiger partial charge >= 0.3 is 0 Å². The minimum atomic E-state index is -2.93. The average Bonchev–Trinajstić information content (AvgIpc) is 3.25. The quantitative estimate of drug-likeness (QED) is 0.821. The maximum atomic E-state index is 13.2. The first-order valence-corrected chi connectivity index (χ1v) is 6.83. The second-order valence-corrected chi connectivity index (χ2v) is 5.22. The third-order valence-electron chi connectivity index (χ3n) is 3.76. The number of halogens is 4. The second-order valence-electron chi connectivity index (χ2n) is 5.22. The van der Waals surface area contributed by atoms with Crippen molar-refractivity contribution in [2.24, 2.45) is 0 Å². The summed E-state index contributed by atoms with van der Waals surface area (Å²) < 4.78 is 58.0. The van der Waals surface area contributed by atoms with Crippen molar-refractivity contribution in [3.8, 4) is 11.3 Å². The third-order valence-corrected chi connectivity index (χ3v) is 3.76. The molecular formula is C15H13F4NO2. The molecule has 1 fully saturated rings. The molecule has 1 aromatic carbocycles. The number of rotatable bonds is 5. The molecule has 1 heterocycles. The number of alkyl halides is 4. The van der Waals surface area contributed by atoms with Gasteiger partial charge in [0.25, 0.3) is 12.9 Å². The summed E-state index contributed by atoms with van der Waals surface area (Å²) in [4.78, 5) is 0. The molecule has 0 saturated heterocycles. The van der Waals surface area contributed by atoms with E-state index in [0.29, 0.717) is 5.76 Å². The first-order valence-electron chi connectivity index (χ1n) is 6.83. The van der Waals surface area contributed by atoms with Crippen molar-refractivity contribution in [2.45, 2.75) is 38.2 Å². The van der Waals surface area contributed by atoms with Crippen molar-refractivity contribution in [2.75, 3.05) is 0 Å². The standard InChI is InChI=1S/C15H13F4NO2/c16-14(17)8-2-1-3-9(15(18)19)11(8)12-10(6-21)13(22-20-12)7-4-5-7/h1-3,7,14-15,21H,4-6H2. The van der Waals surface area contributed by atoms with E-state index in [1.54, 1.807) is 0 Å². The lowest BCUT2D eigenvalue weighted by atomic mass is 9.95. The van der Waals surface area contributed by atoms with E-state index in [0.717, 1.165) is 31.0 Å². The Labute approximate surface area is 123 Å². The first kappa shape index (κ1) is 15.0. The molecule has 1 aliphatic rings. The van der Waals surface area contributed by atoms with E-state index < -0.39 is 30.6 Å². The predicted octanol–water partition coefficient (Wildman–Crippen LogP) is 4.59. The molecule has 0 bridgehead atoms. The number of benzene rings is 1. The van der Waals surface area contributed by atoms with Crippen LogP contribution in [0.25, 0.3) is 11.3 Å². The van der Waals surface area contributed by atoms with Crippen LogP contribution < -0.4 is 0 Å². The molecule has 1 aromatic heterocycles. The van der Waals surface area contributed by atoms with E-state index in [9.17, 15) is 22.7 Å². The summed E-state index contributed by atoms with van der Waals surface area (Å²) in [6.45, 7) is -0.495. The van der Waals surface area contributed by atoms with Gasteiger partial charge in [0.2, 0.25) is 0 Å². The summed E-state index contributed by atoms with van der Waals surface area (Å²) >= 11 is 0. The summed E-state index contributed by atoms with van der Waals surface area (Å²) in [5.74, 6) is 0.485. The molecule has 0 aliphatic heterocycles. The highest BCUT2D eigenvalue weighted by molar-refractivity contribution is 5.72. The van der Waals surface area contributed by atoms with Crippen molar-refractivity contribution in [1.29, 1.82) is 0 Å². The SMILES string of the molecule is OCc1c(-c2c(C(F)F)cccc2C(F)F)noc1C1CC1. The molecule has 3 rings (SSSR count). The maximum absolute atomic E-state index is 13.2. The molecule has 0 spiro atoms. The first-order chi connectivity index (χ1) is 10.5. The zero-order valence-corrected chi connectivity index (χ0v) is 11.4. The Kier molecular flexibility index (Phi) is 3.90. The molecule has 118 valence electrons. The number of nitrogens with zero attached hydrogens (tertiary/aromatic N) is 1. The fourth-order valence-electron chi connectivity index (χ4n) is 2.56. The maximum Gasteiger partial charge on any atom is 0.264 e. The molecule has 2 aromatic rings. The molecule has 0 amide bonds. The second kappa shape index (κ2) is 5.72. The number of hydrogen-bond acceptors (Lipinski definition) is 3. The lowest BCUT2D eigenvalue weighted by Gasteiger charge is -2.13. The summed E-state index contributed by atoms with van der Waals surface area (Å²) in [5.41, 5.74) is -1.31. The Morgan fingerprint density at radius 2 is 1.73 bits per heavy atom. The van der Waals surface area contributed by atoms with E-state index in [1.807, 2.05) is 0 Å². The molecule has 0 atom stereocenters. The zero-order valence-electron chi connectivity index (χ0n) is 11.4. The van der Waals surface area contributed by atoms with Crippen molar-refractivity contribution in [1.82, 2.24) is 5.16 Å². The Balaban J connectivity index is 2.22. The molecule has 3 nitrogen and oxygen atoms in total. The average molecular weight is 315 g/mol. The van der Waals surface area contributed by atoms with E-state index in [2.05, 4.69) is 5.16 Å². The lowest BCUT2D eigenvalue weighted by molar-refractivity contribution is 0.145. The molecule has 22 heavy (non-hydrogen) atoms. The van der Waals surface area contributed by atoms with Gasteiger partial charge in [-0.1, -0.05) is 23.4 Å². The fourth-order valence-corrected chi connectivity index (χ4v) is 2.56. The Morgan fingerprint density at radius 3 is 2.18 bits per heavy atom. The summed E-state index contributed by atoms with van der Waals surface area (Å²) in [6.07, 6.45) is -4.16. The molecule has 7 heteroatoms. The monoisotopic (exact) mass is 315 g/mol. The van der Waals surface area contributed by atoms with Crippen molar-refractivity contribution in [3.05, 3.63) is 40.6 Å². The predicted molar refractivity (Wildman–Crippen MR) is 69.8 cm³/mol. The van der Waals surface area contributed by atoms with Crippen LogP contribution in [0, 0.1) is 0 Å². The van der Waals surface area contributed by atoms with Crippen LogP contribution in [-0.2, 0) is 6.61 Å². The van der Waals surface area contributed by atoms with Crippen molar-refractivity contribution in [3.63, 3.8) is 0 Å².